The van der Waals surface area contributed by atoms with Crippen molar-refractivity contribution in [3.63, 3.8) is 0 Å². The Kier molecular flexibility index (Phi) is 4.03. The Balaban J connectivity index is 1.61. The van der Waals surface area contributed by atoms with E-state index < -0.39 is 7.12 Å². The zero-order valence-electron chi connectivity index (χ0n) is 17.7. The van der Waals surface area contributed by atoms with Gasteiger partial charge in [-0.25, -0.2) is 0 Å². The zero-order chi connectivity index (χ0) is 20.4. The van der Waals surface area contributed by atoms with E-state index in [4.69, 9.17) is 14.3 Å². The number of hydrogen-bond donors (Lipinski definition) is 0. The zero-order valence-corrected chi connectivity index (χ0v) is 17.7. The summed E-state index contributed by atoms with van der Waals surface area (Å²) in [4.78, 5) is 4.98. The molecule has 29 heavy (non-hydrogen) atoms. The third-order valence-electron chi connectivity index (χ3n) is 6.64. The Morgan fingerprint density at radius 2 is 1.59 bits per heavy atom. The summed E-state index contributed by atoms with van der Waals surface area (Å²) in [5.41, 5.74) is 7.27. The molecule has 0 spiro atoms. The molecule has 0 radical (unpaired) electrons. The summed E-state index contributed by atoms with van der Waals surface area (Å²) in [7, 11) is -0.396. The molecule has 1 fully saturated rings. The smallest absolute Gasteiger partial charge is 0.399 e. The maximum absolute atomic E-state index is 6.38. The van der Waals surface area contributed by atoms with Gasteiger partial charge in [0.15, 0.2) is 0 Å². The van der Waals surface area contributed by atoms with Crippen LogP contribution in [0.3, 0.4) is 0 Å². The molecule has 0 amide bonds. The van der Waals surface area contributed by atoms with E-state index in [-0.39, 0.29) is 17.1 Å². The lowest BCUT2D eigenvalue weighted by atomic mass is 9.72. The number of allylic oxidation sites excluding steroid dienone is 4. The third kappa shape index (κ3) is 2.85. The van der Waals surface area contributed by atoms with Crippen LogP contribution in [0.1, 0.15) is 45.7 Å². The van der Waals surface area contributed by atoms with Crippen LogP contribution >= 0.6 is 0 Å². The SMILES string of the molecule is CC1C=C(c2ccccc2)C=C2C1=Nc1cccc(B3OC(C)(C)C(C)(C)O3)c12. The molecule has 2 aromatic rings. The number of nitrogens with zero attached hydrogens (tertiary/aromatic N) is 1. The quantitative estimate of drug-likeness (QED) is 0.669. The molecular weight excluding hydrogens is 357 g/mol. The fourth-order valence-corrected chi connectivity index (χ4v) is 4.28. The number of rotatable bonds is 2. The van der Waals surface area contributed by atoms with Gasteiger partial charge in [-0.2, -0.15) is 0 Å². The first-order valence-electron chi connectivity index (χ1n) is 10.3. The van der Waals surface area contributed by atoms with Crippen molar-refractivity contribution in [2.75, 3.05) is 0 Å². The summed E-state index contributed by atoms with van der Waals surface area (Å²) >= 11 is 0. The van der Waals surface area contributed by atoms with Gasteiger partial charge in [-0.1, -0.05) is 55.5 Å². The van der Waals surface area contributed by atoms with E-state index >= 15 is 0 Å². The van der Waals surface area contributed by atoms with Crippen LogP contribution in [0.4, 0.5) is 5.69 Å². The van der Waals surface area contributed by atoms with E-state index in [0.717, 1.165) is 22.4 Å². The molecule has 1 aliphatic carbocycles. The van der Waals surface area contributed by atoms with Gasteiger partial charge >= 0.3 is 7.12 Å². The minimum absolute atomic E-state index is 0.253. The molecule has 1 saturated heterocycles. The van der Waals surface area contributed by atoms with Crippen molar-refractivity contribution >= 4 is 35.1 Å². The molecule has 0 N–H and O–H groups in total. The largest absolute Gasteiger partial charge is 0.495 e. The fraction of sp³-hybridized carbons (Fsp3) is 0.320. The van der Waals surface area contributed by atoms with E-state index in [9.17, 15) is 0 Å². The fourth-order valence-electron chi connectivity index (χ4n) is 4.28. The van der Waals surface area contributed by atoms with Crippen LogP contribution in [-0.4, -0.2) is 24.0 Å². The van der Waals surface area contributed by atoms with Crippen LogP contribution in [0, 0.1) is 5.92 Å². The van der Waals surface area contributed by atoms with Crippen LogP contribution in [0.2, 0.25) is 0 Å². The molecule has 0 aromatic heterocycles. The second kappa shape index (κ2) is 6.28. The van der Waals surface area contributed by atoms with E-state index in [1.165, 1.54) is 16.7 Å². The Labute approximate surface area is 173 Å². The maximum Gasteiger partial charge on any atom is 0.495 e. The molecular formula is C25H26BNO2. The average molecular weight is 383 g/mol. The highest BCUT2D eigenvalue weighted by molar-refractivity contribution is 6.64. The normalized spacial score (nSPS) is 23.8. The summed E-state index contributed by atoms with van der Waals surface area (Å²) < 4.78 is 12.8. The molecule has 0 bridgehead atoms. The molecule has 2 aliphatic heterocycles. The molecule has 4 heteroatoms. The first kappa shape index (κ1) is 18.6. The van der Waals surface area contributed by atoms with Gasteiger partial charge in [0.1, 0.15) is 0 Å². The first-order valence-corrected chi connectivity index (χ1v) is 10.3. The standard InChI is InChI=1S/C25H26BNO2/c1-16-14-18(17-10-7-6-8-11-17)15-19-22-20(12-9-13-21(22)27-23(16)19)26-28-24(2,3)25(4,5)29-26/h6-16H,1-5H3. The Morgan fingerprint density at radius 3 is 2.28 bits per heavy atom. The molecule has 1 unspecified atom stereocenters. The van der Waals surface area contributed by atoms with E-state index in [0.29, 0.717) is 0 Å². The van der Waals surface area contributed by atoms with Gasteiger partial charge in [-0.05, 0) is 56.4 Å². The van der Waals surface area contributed by atoms with E-state index in [2.05, 4.69) is 95.3 Å². The lowest BCUT2D eigenvalue weighted by Gasteiger charge is -2.32. The molecule has 3 nitrogen and oxygen atoms in total. The number of fused-ring (bicyclic) bond motifs is 3. The average Bonchev–Trinajstić information content (AvgIpc) is 3.17. The number of hydrogen-bond acceptors (Lipinski definition) is 3. The molecule has 3 aliphatic rings. The Hall–Kier alpha value is -2.43. The van der Waals surface area contributed by atoms with Crippen LogP contribution in [0.5, 0.6) is 0 Å². The second-order valence-corrected chi connectivity index (χ2v) is 9.16. The van der Waals surface area contributed by atoms with Crippen LogP contribution < -0.4 is 5.46 Å². The van der Waals surface area contributed by atoms with Crippen LogP contribution in [0.25, 0.3) is 11.1 Å². The summed E-state index contributed by atoms with van der Waals surface area (Å²) in [6.45, 7) is 10.6. The third-order valence-corrected chi connectivity index (χ3v) is 6.64. The minimum atomic E-state index is -0.396. The number of benzene rings is 2. The number of aliphatic imine (C=N–C) groups is 1. The van der Waals surface area contributed by atoms with Crippen LogP contribution in [0.15, 0.2) is 65.7 Å². The van der Waals surface area contributed by atoms with E-state index in [1.54, 1.807) is 0 Å². The van der Waals surface area contributed by atoms with Gasteiger partial charge in [0, 0.05) is 17.1 Å². The van der Waals surface area contributed by atoms with Crippen molar-refractivity contribution in [3.8, 4) is 0 Å². The van der Waals surface area contributed by atoms with Crippen molar-refractivity contribution in [2.24, 2.45) is 10.9 Å². The van der Waals surface area contributed by atoms with Gasteiger partial charge in [0.05, 0.1) is 22.6 Å². The summed E-state index contributed by atoms with van der Waals surface area (Å²) in [6.07, 6.45) is 4.58. The van der Waals surface area contributed by atoms with E-state index in [1.807, 2.05) is 0 Å². The lowest BCUT2D eigenvalue weighted by molar-refractivity contribution is 0.00578. The predicted octanol–water partition coefficient (Wildman–Crippen LogP) is 5.19. The van der Waals surface area contributed by atoms with Gasteiger partial charge in [-0.15, -0.1) is 0 Å². The van der Waals surface area contributed by atoms with Crippen LogP contribution in [-0.2, 0) is 9.31 Å². The van der Waals surface area contributed by atoms with Crippen molar-refractivity contribution in [1.82, 2.24) is 0 Å². The highest BCUT2D eigenvalue weighted by atomic mass is 16.7. The summed E-state index contributed by atoms with van der Waals surface area (Å²) in [5.74, 6) is 0.253. The highest BCUT2D eigenvalue weighted by Gasteiger charge is 2.52. The van der Waals surface area contributed by atoms with Crippen molar-refractivity contribution in [2.45, 2.75) is 45.8 Å². The minimum Gasteiger partial charge on any atom is -0.399 e. The molecule has 0 saturated carbocycles. The summed E-state index contributed by atoms with van der Waals surface area (Å²) in [5, 5.41) is 0. The highest BCUT2D eigenvalue weighted by Crippen LogP contribution is 2.43. The maximum atomic E-state index is 6.38. The first-order chi connectivity index (χ1) is 13.8. The predicted molar refractivity (Wildman–Crippen MR) is 121 cm³/mol. The van der Waals surface area contributed by atoms with Gasteiger partial charge in [-0.3, -0.25) is 4.99 Å². The molecule has 2 aromatic carbocycles. The molecule has 5 rings (SSSR count). The lowest BCUT2D eigenvalue weighted by Crippen LogP contribution is -2.41. The Bertz CT molecular complexity index is 1060. The molecule has 146 valence electrons. The van der Waals surface area contributed by atoms with Gasteiger partial charge in [0.25, 0.3) is 0 Å². The van der Waals surface area contributed by atoms with Crippen molar-refractivity contribution in [1.29, 1.82) is 0 Å². The molecule has 2 heterocycles. The topological polar surface area (TPSA) is 30.8 Å². The van der Waals surface area contributed by atoms with Crippen molar-refractivity contribution in [3.05, 3.63) is 71.8 Å². The second-order valence-electron chi connectivity index (χ2n) is 9.16. The summed E-state index contributed by atoms with van der Waals surface area (Å²) in [6, 6.07) is 16.8. The monoisotopic (exact) mass is 383 g/mol. The van der Waals surface area contributed by atoms with Crippen molar-refractivity contribution < 1.29 is 9.31 Å². The molecule has 1 atom stereocenters. The van der Waals surface area contributed by atoms with Gasteiger partial charge in [0.2, 0.25) is 0 Å². The Morgan fingerprint density at radius 1 is 0.897 bits per heavy atom. The van der Waals surface area contributed by atoms with Gasteiger partial charge < -0.3 is 9.31 Å².